The maximum Gasteiger partial charge on any atom is 0.355 e. The lowest BCUT2D eigenvalue weighted by Gasteiger charge is -2.07. The Bertz CT molecular complexity index is 422. The highest BCUT2D eigenvalue weighted by molar-refractivity contribution is 5.87. The fraction of sp³-hybridized carbons (Fsp3) is 0.375. The van der Waals surface area contributed by atoms with Gasteiger partial charge in [0.2, 0.25) is 5.95 Å². The number of carbonyl (C=O) groups is 1. The average Bonchev–Trinajstić information content (AvgIpc) is 2.01. The van der Waals surface area contributed by atoms with Crippen molar-refractivity contribution in [3.8, 4) is 0 Å². The predicted molar refractivity (Wildman–Crippen MR) is 50.3 cm³/mol. The first-order valence-electron chi connectivity index (χ1n) is 4.06. The van der Waals surface area contributed by atoms with Crippen LogP contribution < -0.4 is 11.3 Å². The number of aromatic nitrogens is 2. The Morgan fingerprint density at radius 1 is 1.57 bits per heavy atom. The fourth-order valence-electron chi connectivity index (χ4n) is 1.20. The van der Waals surface area contributed by atoms with Gasteiger partial charge in [0, 0.05) is 0 Å². The van der Waals surface area contributed by atoms with Crippen LogP contribution in [0, 0.1) is 0 Å². The summed E-state index contributed by atoms with van der Waals surface area (Å²) in [5.41, 5.74) is 4.61. The van der Waals surface area contributed by atoms with Crippen molar-refractivity contribution in [2.24, 2.45) is 0 Å². The molecule has 4 N–H and O–H groups in total. The summed E-state index contributed by atoms with van der Waals surface area (Å²) in [6.07, 6.45) is 0. The van der Waals surface area contributed by atoms with Crippen LogP contribution in [-0.2, 0) is 0 Å². The van der Waals surface area contributed by atoms with Gasteiger partial charge < -0.3 is 10.8 Å². The van der Waals surface area contributed by atoms with Crippen LogP contribution in [0.15, 0.2) is 4.79 Å². The number of anilines is 1. The quantitative estimate of drug-likeness (QED) is 0.626. The minimum atomic E-state index is -1.24. The van der Waals surface area contributed by atoms with E-state index in [2.05, 4.69) is 9.97 Å². The molecule has 1 rings (SSSR count). The number of H-pyrrole nitrogens is 1. The molecule has 0 aromatic carbocycles. The van der Waals surface area contributed by atoms with Crippen molar-refractivity contribution in [2.75, 3.05) is 5.73 Å². The summed E-state index contributed by atoms with van der Waals surface area (Å²) >= 11 is 0. The summed E-state index contributed by atoms with van der Waals surface area (Å²) in [4.78, 5) is 28.0. The van der Waals surface area contributed by atoms with Gasteiger partial charge in [0.15, 0.2) is 5.69 Å². The second-order valence-corrected chi connectivity index (χ2v) is 3.17. The van der Waals surface area contributed by atoms with Crippen molar-refractivity contribution in [3.63, 3.8) is 0 Å². The molecule has 0 aliphatic rings. The largest absolute Gasteiger partial charge is 0.476 e. The maximum atomic E-state index is 11.4. The van der Waals surface area contributed by atoms with Crippen molar-refractivity contribution in [1.29, 1.82) is 0 Å². The third kappa shape index (κ3) is 1.73. The number of nitrogens with zero attached hydrogens (tertiary/aromatic N) is 1. The first kappa shape index (κ1) is 10.2. The van der Waals surface area contributed by atoms with Crippen LogP contribution >= 0.6 is 0 Å². The first-order valence-corrected chi connectivity index (χ1v) is 4.06. The Morgan fingerprint density at radius 3 is 2.57 bits per heavy atom. The van der Waals surface area contributed by atoms with Crippen LogP contribution in [0.5, 0.6) is 0 Å². The van der Waals surface area contributed by atoms with Crippen LogP contribution in [0.25, 0.3) is 0 Å². The standard InChI is InChI=1S/C8H11N3O3/c1-3(2)4-5(7(13)14)10-8(9)11-6(4)12/h3H,1-2H3,(H,13,14)(H3,9,10,11,12). The second kappa shape index (κ2) is 3.49. The minimum absolute atomic E-state index is 0.145. The Hall–Kier alpha value is -1.85. The van der Waals surface area contributed by atoms with E-state index < -0.39 is 11.5 Å². The van der Waals surface area contributed by atoms with Crippen molar-refractivity contribution in [2.45, 2.75) is 19.8 Å². The number of aromatic amines is 1. The zero-order chi connectivity index (χ0) is 10.9. The van der Waals surface area contributed by atoms with Crippen molar-refractivity contribution in [3.05, 3.63) is 21.6 Å². The van der Waals surface area contributed by atoms with E-state index in [0.29, 0.717) is 0 Å². The highest BCUT2D eigenvalue weighted by atomic mass is 16.4. The van der Waals surface area contributed by atoms with Crippen molar-refractivity contribution < 1.29 is 9.90 Å². The molecule has 1 heterocycles. The molecule has 0 saturated heterocycles. The molecule has 76 valence electrons. The van der Waals surface area contributed by atoms with Crippen LogP contribution in [0.1, 0.15) is 35.8 Å². The van der Waals surface area contributed by atoms with Crippen molar-refractivity contribution >= 4 is 11.9 Å². The number of nitrogen functional groups attached to an aromatic ring is 1. The molecule has 0 spiro atoms. The molecule has 0 atom stereocenters. The molecule has 0 saturated carbocycles. The van der Waals surface area contributed by atoms with Gasteiger partial charge in [0.05, 0.1) is 5.56 Å². The van der Waals surface area contributed by atoms with E-state index in [0.717, 1.165) is 0 Å². The Labute approximate surface area is 79.8 Å². The molecule has 0 amide bonds. The van der Waals surface area contributed by atoms with Gasteiger partial charge in [-0.2, -0.15) is 0 Å². The van der Waals surface area contributed by atoms with Gasteiger partial charge in [0.25, 0.3) is 5.56 Å². The van der Waals surface area contributed by atoms with Crippen LogP contribution in [0.2, 0.25) is 0 Å². The molecule has 0 aliphatic heterocycles. The lowest BCUT2D eigenvalue weighted by Crippen LogP contribution is -2.23. The lowest BCUT2D eigenvalue weighted by atomic mass is 10.0. The molecular weight excluding hydrogens is 186 g/mol. The first-order chi connectivity index (χ1) is 6.43. The Morgan fingerprint density at radius 2 is 2.14 bits per heavy atom. The molecule has 0 radical (unpaired) electrons. The molecule has 0 bridgehead atoms. The molecule has 1 aromatic heterocycles. The smallest absolute Gasteiger partial charge is 0.355 e. The van der Waals surface area contributed by atoms with E-state index >= 15 is 0 Å². The number of hydrogen-bond donors (Lipinski definition) is 3. The summed E-state index contributed by atoms with van der Waals surface area (Å²) in [5.74, 6) is -1.64. The topological polar surface area (TPSA) is 109 Å². The maximum absolute atomic E-state index is 11.4. The molecule has 0 fully saturated rings. The highest BCUT2D eigenvalue weighted by Crippen LogP contribution is 2.13. The number of carboxylic acids is 1. The molecule has 0 aliphatic carbocycles. The third-order valence-corrected chi connectivity index (χ3v) is 1.75. The van der Waals surface area contributed by atoms with Gasteiger partial charge in [-0.25, -0.2) is 9.78 Å². The number of hydrogen-bond acceptors (Lipinski definition) is 4. The fourth-order valence-corrected chi connectivity index (χ4v) is 1.20. The van der Waals surface area contributed by atoms with Gasteiger partial charge >= 0.3 is 5.97 Å². The molecule has 0 unspecified atom stereocenters. The van der Waals surface area contributed by atoms with Gasteiger partial charge in [-0.3, -0.25) is 9.78 Å². The van der Waals surface area contributed by atoms with E-state index in [1.807, 2.05) is 0 Å². The van der Waals surface area contributed by atoms with E-state index in [1.54, 1.807) is 13.8 Å². The van der Waals surface area contributed by atoms with E-state index in [-0.39, 0.29) is 23.1 Å². The van der Waals surface area contributed by atoms with Crippen LogP contribution in [-0.4, -0.2) is 21.0 Å². The van der Waals surface area contributed by atoms with E-state index in [1.165, 1.54) is 0 Å². The number of carboxylic acid groups (broad SMARTS) is 1. The molecule has 1 aromatic rings. The van der Waals surface area contributed by atoms with E-state index in [9.17, 15) is 9.59 Å². The highest BCUT2D eigenvalue weighted by Gasteiger charge is 2.18. The SMILES string of the molecule is CC(C)c1c(C(=O)O)nc(N)[nH]c1=O. The Kier molecular flexibility index (Phi) is 2.55. The van der Waals surface area contributed by atoms with Gasteiger partial charge in [-0.05, 0) is 5.92 Å². The predicted octanol–water partition coefficient (Wildman–Crippen LogP) is 0.174. The van der Waals surface area contributed by atoms with Crippen LogP contribution in [0.3, 0.4) is 0 Å². The second-order valence-electron chi connectivity index (χ2n) is 3.17. The third-order valence-electron chi connectivity index (χ3n) is 1.75. The summed E-state index contributed by atoms with van der Waals surface area (Å²) < 4.78 is 0. The Balaban J connectivity index is 3.53. The molecule has 14 heavy (non-hydrogen) atoms. The minimum Gasteiger partial charge on any atom is -0.476 e. The number of nitrogens with two attached hydrogens (primary N) is 1. The summed E-state index contributed by atoms with van der Waals surface area (Å²) in [6.45, 7) is 3.43. The molecular formula is C8H11N3O3. The molecule has 6 nitrogen and oxygen atoms in total. The van der Waals surface area contributed by atoms with Crippen molar-refractivity contribution in [1.82, 2.24) is 9.97 Å². The van der Waals surface area contributed by atoms with Gasteiger partial charge in [-0.1, -0.05) is 13.8 Å². The normalized spacial score (nSPS) is 10.5. The number of aromatic carboxylic acids is 1. The van der Waals surface area contributed by atoms with E-state index in [4.69, 9.17) is 10.8 Å². The van der Waals surface area contributed by atoms with Crippen LogP contribution in [0.4, 0.5) is 5.95 Å². The summed E-state index contributed by atoms with van der Waals surface area (Å²) in [5, 5.41) is 8.79. The summed E-state index contributed by atoms with van der Waals surface area (Å²) in [7, 11) is 0. The zero-order valence-electron chi connectivity index (χ0n) is 7.87. The lowest BCUT2D eigenvalue weighted by molar-refractivity contribution is 0.0688. The number of nitrogens with one attached hydrogen (secondary N) is 1. The monoisotopic (exact) mass is 197 g/mol. The zero-order valence-corrected chi connectivity index (χ0v) is 7.87. The summed E-state index contributed by atoms with van der Waals surface area (Å²) in [6, 6.07) is 0. The van der Waals surface area contributed by atoms with Gasteiger partial charge in [-0.15, -0.1) is 0 Å². The molecule has 6 heteroatoms. The average molecular weight is 197 g/mol. The van der Waals surface area contributed by atoms with Gasteiger partial charge in [0.1, 0.15) is 0 Å². The number of rotatable bonds is 2.